The van der Waals surface area contributed by atoms with Crippen LogP contribution in [0.4, 0.5) is 5.69 Å². The first-order valence-electron chi connectivity index (χ1n) is 7.93. The molecule has 0 unspecified atom stereocenters. The number of carbonyl (C=O) groups is 1. The van der Waals surface area contributed by atoms with Gasteiger partial charge in [-0.3, -0.25) is 9.48 Å². The zero-order valence-electron chi connectivity index (χ0n) is 13.7. The Labute approximate surface area is 156 Å². The molecule has 1 aromatic heterocycles. The molecule has 3 rings (SSSR count). The van der Waals surface area contributed by atoms with Crippen molar-refractivity contribution in [3.8, 4) is 0 Å². The Kier molecular flexibility index (Phi) is 5.41. The maximum Gasteiger partial charge on any atom is 0.259 e. The maximum absolute atomic E-state index is 12.6. The van der Waals surface area contributed by atoms with Crippen molar-refractivity contribution < 1.29 is 4.79 Å². The van der Waals surface area contributed by atoms with Gasteiger partial charge in [0.2, 0.25) is 0 Å². The molecule has 6 heteroatoms. The highest BCUT2D eigenvalue weighted by Gasteiger charge is 2.17. The van der Waals surface area contributed by atoms with Gasteiger partial charge < -0.3 is 5.32 Å². The second-order valence-electron chi connectivity index (χ2n) is 5.58. The van der Waals surface area contributed by atoms with Crippen molar-refractivity contribution >= 4 is 34.8 Å². The Hall–Kier alpha value is -2.30. The summed E-state index contributed by atoms with van der Waals surface area (Å²) in [6, 6.07) is 15.0. The minimum absolute atomic E-state index is 0.236. The molecule has 0 atom stereocenters. The normalized spacial score (nSPS) is 10.7. The molecule has 0 aliphatic rings. The predicted molar refractivity (Wildman–Crippen MR) is 102 cm³/mol. The summed E-state index contributed by atoms with van der Waals surface area (Å²) in [6.07, 6.45) is 2.30. The lowest BCUT2D eigenvalue weighted by molar-refractivity contribution is 0.102. The number of hydrogen-bond acceptors (Lipinski definition) is 2. The first-order valence-corrected chi connectivity index (χ1v) is 8.69. The molecule has 0 spiro atoms. The maximum atomic E-state index is 12.6. The number of carbonyl (C=O) groups excluding carboxylic acids is 1. The smallest absolute Gasteiger partial charge is 0.259 e. The quantitative estimate of drug-likeness (QED) is 0.679. The predicted octanol–water partition coefficient (Wildman–Crippen LogP) is 5.05. The molecule has 0 bridgehead atoms. The van der Waals surface area contributed by atoms with Crippen LogP contribution < -0.4 is 5.32 Å². The molecule has 3 aromatic rings. The van der Waals surface area contributed by atoms with Crippen molar-refractivity contribution in [3.05, 3.63) is 81.6 Å². The summed E-state index contributed by atoms with van der Waals surface area (Å²) in [6.45, 7) is 2.63. The number of benzene rings is 2. The minimum atomic E-state index is -0.236. The van der Waals surface area contributed by atoms with Crippen molar-refractivity contribution in [2.75, 3.05) is 5.32 Å². The molecule has 2 aromatic carbocycles. The van der Waals surface area contributed by atoms with E-state index in [2.05, 4.69) is 10.4 Å². The van der Waals surface area contributed by atoms with E-state index in [1.54, 1.807) is 24.4 Å². The molecule has 1 heterocycles. The molecule has 0 aliphatic heterocycles. The fourth-order valence-electron chi connectivity index (χ4n) is 2.65. The van der Waals surface area contributed by atoms with E-state index in [9.17, 15) is 4.79 Å². The van der Waals surface area contributed by atoms with Gasteiger partial charge in [0, 0.05) is 5.02 Å². The van der Waals surface area contributed by atoms with Gasteiger partial charge in [-0.25, -0.2) is 0 Å². The average Bonchev–Trinajstić information content (AvgIpc) is 3.01. The van der Waals surface area contributed by atoms with Crippen LogP contribution in [0.15, 0.2) is 54.7 Å². The van der Waals surface area contributed by atoms with Crippen molar-refractivity contribution in [3.63, 3.8) is 0 Å². The summed E-state index contributed by atoms with van der Waals surface area (Å²) in [5, 5.41) is 8.13. The number of amides is 1. The van der Waals surface area contributed by atoms with Crippen LogP contribution in [0, 0.1) is 0 Å². The largest absolute Gasteiger partial charge is 0.321 e. The molecular formula is C19H17Cl2N3O. The van der Waals surface area contributed by atoms with Crippen LogP contribution in [0.3, 0.4) is 0 Å². The molecule has 0 aliphatic carbocycles. The van der Waals surface area contributed by atoms with Gasteiger partial charge in [0.25, 0.3) is 5.91 Å². The van der Waals surface area contributed by atoms with Crippen LogP contribution in [0.1, 0.15) is 28.5 Å². The van der Waals surface area contributed by atoms with Crippen LogP contribution in [0.25, 0.3) is 0 Å². The Morgan fingerprint density at radius 1 is 1.16 bits per heavy atom. The van der Waals surface area contributed by atoms with Gasteiger partial charge in [0.15, 0.2) is 0 Å². The lowest BCUT2D eigenvalue weighted by atomic mass is 10.1. The topological polar surface area (TPSA) is 46.9 Å². The molecule has 128 valence electrons. The van der Waals surface area contributed by atoms with Gasteiger partial charge in [0.1, 0.15) is 0 Å². The van der Waals surface area contributed by atoms with Crippen LogP contribution in [0.5, 0.6) is 0 Å². The first-order chi connectivity index (χ1) is 12.1. The molecule has 1 N–H and O–H groups in total. The van der Waals surface area contributed by atoms with E-state index in [1.807, 2.05) is 41.9 Å². The van der Waals surface area contributed by atoms with Gasteiger partial charge in [-0.15, -0.1) is 0 Å². The third kappa shape index (κ3) is 4.03. The van der Waals surface area contributed by atoms with Crippen LogP contribution in [0.2, 0.25) is 10.0 Å². The third-order valence-electron chi connectivity index (χ3n) is 3.88. The lowest BCUT2D eigenvalue weighted by Crippen LogP contribution is -2.15. The van der Waals surface area contributed by atoms with Gasteiger partial charge in [0.05, 0.1) is 34.7 Å². The van der Waals surface area contributed by atoms with Gasteiger partial charge >= 0.3 is 0 Å². The molecule has 0 saturated carbocycles. The molecule has 0 saturated heterocycles. The first kappa shape index (κ1) is 17.5. The number of aromatic nitrogens is 2. The van der Waals surface area contributed by atoms with E-state index < -0.39 is 0 Å². The molecule has 4 nitrogen and oxygen atoms in total. The monoisotopic (exact) mass is 373 g/mol. The zero-order chi connectivity index (χ0) is 17.8. The second-order valence-corrected chi connectivity index (χ2v) is 6.42. The van der Waals surface area contributed by atoms with Crippen molar-refractivity contribution in [1.29, 1.82) is 0 Å². The van der Waals surface area contributed by atoms with Crippen molar-refractivity contribution in [2.45, 2.75) is 19.9 Å². The van der Waals surface area contributed by atoms with E-state index in [0.717, 1.165) is 11.3 Å². The van der Waals surface area contributed by atoms with E-state index in [0.29, 0.717) is 34.3 Å². The second kappa shape index (κ2) is 7.72. The van der Waals surface area contributed by atoms with Crippen LogP contribution >= 0.6 is 23.2 Å². The Balaban J connectivity index is 1.83. The summed E-state index contributed by atoms with van der Waals surface area (Å²) >= 11 is 12.0. The molecular weight excluding hydrogens is 357 g/mol. The van der Waals surface area contributed by atoms with Crippen molar-refractivity contribution in [2.24, 2.45) is 0 Å². The number of hydrogen-bond donors (Lipinski definition) is 1. The van der Waals surface area contributed by atoms with Crippen molar-refractivity contribution in [1.82, 2.24) is 9.78 Å². The Morgan fingerprint density at radius 2 is 1.92 bits per heavy atom. The van der Waals surface area contributed by atoms with E-state index in [1.165, 1.54) is 0 Å². The lowest BCUT2D eigenvalue weighted by Gasteiger charge is -2.10. The third-order valence-corrected chi connectivity index (χ3v) is 4.43. The van der Waals surface area contributed by atoms with Crippen LogP contribution in [-0.4, -0.2) is 15.7 Å². The summed E-state index contributed by atoms with van der Waals surface area (Å²) in [5.74, 6) is -0.236. The fourth-order valence-corrected chi connectivity index (χ4v) is 3.10. The number of nitrogens with zero attached hydrogens (tertiary/aromatic N) is 2. The number of halogens is 2. The molecule has 0 radical (unpaired) electrons. The molecule has 1 amide bonds. The summed E-state index contributed by atoms with van der Waals surface area (Å²) in [5.41, 5.74) is 3.08. The highest BCUT2D eigenvalue weighted by atomic mass is 35.5. The summed E-state index contributed by atoms with van der Waals surface area (Å²) < 4.78 is 1.85. The molecule has 25 heavy (non-hydrogen) atoms. The zero-order valence-corrected chi connectivity index (χ0v) is 15.2. The highest BCUT2D eigenvalue weighted by molar-refractivity contribution is 6.36. The minimum Gasteiger partial charge on any atom is -0.321 e. The highest BCUT2D eigenvalue weighted by Crippen LogP contribution is 2.26. The van der Waals surface area contributed by atoms with Gasteiger partial charge in [-0.05, 0) is 30.2 Å². The Bertz CT molecular complexity index is 891. The fraction of sp³-hybridized carbons (Fsp3) is 0.158. The summed E-state index contributed by atoms with van der Waals surface area (Å²) in [4.78, 5) is 12.6. The number of anilines is 1. The summed E-state index contributed by atoms with van der Waals surface area (Å²) in [7, 11) is 0. The van der Waals surface area contributed by atoms with Gasteiger partial charge in [-0.1, -0.05) is 60.5 Å². The number of rotatable bonds is 5. The van der Waals surface area contributed by atoms with E-state index in [-0.39, 0.29) is 5.91 Å². The van der Waals surface area contributed by atoms with E-state index in [4.69, 9.17) is 23.2 Å². The Morgan fingerprint density at radius 3 is 2.60 bits per heavy atom. The van der Waals surface area contributed by atoms with E-state index >= 15 is 0 Å². The number of nitrogens with one attached hydrogen (secondary N) is 1. The van der Waals surface area contributed by atoms with Crippen LogP contribution in [-0.2, 0) is 13.0 Å². The SMILES string of the molecule is CCc1c(C(=O)Nc2ccc(Cl)cc2Cl)cnn1Cc1ccccc1. The standard InChI is InChI=1S/C19H17Cl2N3O/c1-2-18-15(11-22-24(18)12-13-6-4-3-5-7-13)19(25)23-17-9-8-14(20)10-16(17)21/h3-11H,2,12H2,1H3,(H,23,25). The molecule has 0 fully saturated rings. The van der Waals surface area contributed by atoms with Gasteiger partial charge in [-0.2, -0.15) is 5.10 Å². The average molecular weight is 374 g/mol.